The van der Waals surface area contributed by atoms with Crippen molar-refractivity contribution in [2.75, 3.05) is 0 Å². The van der Waals surface area contributed by atoms with Crippen molar-refractivity contribution in [3.8, 4) is 0 Å². The lowest BCUT2D eigenvalue weighted by atomic mass is 9.67. The van der Waals surface area contributed by atoms with E-state index in [0.29, 0.717) is 5.41 Å². The van der Waals surface area contributed by atoms with E-state index in [1.54, 1.807) is 5.57 Å². The summed E-state index contributed by atoms with van der Waals surface area (Å²) in [7, 11) is 0. The van der Waals surface area contributed by atoms with Gasteiger partial charge in [-0.25, -0.2) is 0 Å². The number of aliphatic hydroxyl groups is 1. The smallest absolute Gasteiger partial charge is 0.0583 e. The Morgan fingerprint density at radius 3 is 2.80 bits per heavy atom. The predicted octanol–water partition coefficient (Wildman–Crippen LogP) is 4.93. The molecule has 0 spiro atoms. The zero-order valence-electron chi connectivity index (χ0n) is 12.8. The van der Waals surface area contributed by atoms with Gasteiger partial charge in [0.25, 0.3) is 0 Å². The molecule has 1 nitrogen and oxygen atoms in total. The van der Waals surface area contributed by atoms with Crippen LogP contribution in [-0.4, -0.2) is 11.2 Å². The summed E-state index contributed by atoms with van der Waals surface area (Å²) in [5, 5.41) is 9.82. The average molecular weight is 272 g/mol. The largest absolute Gasteiger partial charge is 0.393 e. The molecule has 1 N–H and O–H groups in total. The summed E-state index contributed by atoms with van der Waals surface area (Å²) in [6, 6.07) is 0. The van der Waals surface area contributed by atoms with Crippen molar-refractivity contribution in [1.82, 2.24) is 0 Å². The minimum Gasteiger partial charge on any atom is -0.393 e. The van der Waals surface area contributed by atoms with Crippen LogP contribution >= 0.6 is 0 Å². The van der Waals surface area contributed by atoms with Gasteiger partial charge < -0.3 is 5.11 Å². The van der Waals surface area contributed by atoms with Gasteiger partial charge in [-0.1, -0.05) is 43.2 Å². The number of hydrogen-bond donors (Lipinski definition) is 1. The number of hydrogen-bond acceptors (Lipinski definition) is 1. The topological polar surface area (TPSA) is 20.2 Å². The summed E-state index contributed by atoms with van der Waals surface area (Å²) >= 11 is 0. The van der Waals surface area contributed by atoms with Crippen LogP contribution in [0.4, 0.5) is 0 Å². The van der Waals surface area contributed by atoms with E-state index in [1.165, 1.54) is 49.7 Å². The summed E-state index contributed by atoms with van der Waals surface area (Å²) in [5.74, 6) is 0.815. The number of fused-ring (bicyclic) bond motifs is 1. The maximum Gasteiger partial charge on any atom is 0.0583 e. The van der Waals surface area contributed by atoms with Gasteiger partial charge in [-0.15, -0.1) is 0 Å². The zero-order valence-corrected chi connectivity index (χ0v) is 12.8. The Balaban J connectivity index is 1.79. The van der Waals surface area contributed by atoms with Gasteiger partial charge in [-0.3, -0.25) is 0 Å². The third kappa shape index (κ3) is 2.65. The van der Waals surface area contributed by atoms with E-state index < -0.39 is 0 Å². The lowest BCUT2D eigenvalue weighted by Crippen LogP contribution is -2.27. The average Bonchev–Trinajstić information content (AvgIpc) is 2.82. The van der Waals surface area contributed by atoms with Crippen LogP contribution in [0.2, 0.25) is 0 Å². The third-order valence-electron chi connectivity index (χ3n) is 5.93. The van der Waals surface area contributed by atoms with E-state index in [-0.39, 0.29) is 6.10 Å². The molecule has 0 aromatic carbocycles. The molecule has 0 radical (unpaired) electrons. The quantitative estimate of drug-likeness (QED) is 0.717. The van der Waals surface area contributed by atoms with E-state index in [4.69, 9.17) is 0 Å². The molecular formula is C19H28O. The minimum atomic E-state index is -0.159. The molecule has 3 rings (SSSR count). The van der Waals surface area contributed by atoms with Gasteiger partial charge in [0.15, 0.2) is 0 Å². The van der Waals surface area contributed by atoms with E-state index >= 15 is 0 Å². The van der Waals surface area contributed by atoms with E-state index in [0.717, 1.165) is 25.2 Å². The lowest BCUT2D eigenvalue weighted by Gasteiger charge is -2.38. The van der Waals surface area contributed by atoms with Gasteiger partial charge in [0.1, 0.15) is 0 Å². The standard InChI is InChI=1S/C19H28O/c1-14-7-10-17(20)13-16(14)9-8-15-5-3-11-19(2)12-4-6-18(15)19/h8-9,17-18,20H,1,3-7,10-13H2,2H3/b15-8+,16-9-/t17-,18?,19+/m0/s1. The van der Waals surface area contributed by atoms with Crippen molar-refractivity contribution in [2.24, 2.45) is 11.3 Å². The highest BCUT2D eigenvalue weighted by atomic mass is 16.3. The molecule has 0 amide bonds. The highest BCUT2D eigenvalue weighted by molar-refractivity contribution is 5.36. The first-order valence-electron chi connectivity index (χ1n) is 8.34. The summed E-state index contributed by atoms with van der Waals surface area (Å²) in [6.45, 7) is 6.66. The van der Waals surface area contributed by atoms with Gasteiger partial charge in [-0.2, -0.15) is 0 Å². The number of allylic oxidation sites excluding steroid dienone is 4. The molecule has 3 saturated carbocycles. The summed E-state index contributed by atoms with van der Waals surface area (Å²) in [6.07, 6.45) is 15.4. The van der Waals surface area contributed by atoms with Crippen molar-refractivity contribution in [2.45, 2.75) is 70.8 Å². The van der Waals surface area contributed by atoms with E-state index in [9.17, 15) is 5.11 Å². The van der Waals surface area contributed by atoms with E-state index in [2.05, 4.69) is 25.7 Å². The van der Waals surface area contributed by atoms with Crippen LogP contribution < -0.4 is 0 Å². The van der Waals surface area contributed by atoms with Gasteiger partial charge in [0.05, 0.1) is 6.10 Å². The Hall–Kier alpha value is -0.820. The second-order valence-electron chi connectivity index (χ2n) is 7.39. The molecule has 0 aromatic heterocycles. The van der Waals surface area contributed by atoms with Gasteiger partial charge in [-0.05, 0) is 68.3 Å². The van der Waals surface area contributed by atoms with Crippen molar-refractivity contribution in [3.63, 3.8) is 0 Å². The van der Waals surface area contributed by atoms with Crippen LogP contribution in [0.25, 0.3) is 0 Å². The molecule has 3 atom stereocenters. The summed E-state index contributed by atoms with van der Waals surface area (Å²) in [5.41, 5.74) is 4.75. The molecule has 0 heterocycles. The molecule has 20 heavy (non-hydrogen) atoms. The molecule has 1 unspecified atom stereocenters. The SMILES string of the molecule is C=C1CC[C@H](O)C/C1=C/C=C1\CCC[C@]2(C)CCCC12. The Kier molecular flexibility index (Phi) is 3.90. The summed E-state index contributed by atoms with van der Waals surface area (Å²) < 4.78 is 0. The van der Waals surface area contributed by atoms with E-state index in [1.807, 2.05) is 0 Å². The monoisotopic (exact) mass is 272 g/mol. The fourth-order valence-corrected chi connectivity index (χ4v) is 4.63. The van der Waals surface area contributed by atoms with Gasteiger partial charge >= 0.3 is 0 Å². The van der Waals surface area contributed by atoms with Crippen LogP contribution in [0, 0.1) is 11.3 Å². The maximum absolute atomic E-state index is 9.82. The first kappa shape index (κ1) is 14.1. The third-order valence-corrected chi connectivity index (χ3v) is 5.93. The van der Waals surface area contributed by atoms with Crippen molar-refractivity contribution in [1.29, 1.82) is 0 Å². The molecule has 3 fully saturated rings. The Bertz CT molecular complexity index is 456. The second-order valence-corrected chi connectivity index (χ2v) is 7.39. The normalized spacial score (nSPS) is 42.2. The van der Waals surface area contributed by atoms with Crippen molar-refractivity contribution >= 4 is 0 Å². The lowest BCUT2D eigenvalue weighted by molar-refractivity contribution is 0.158. The second kappa shape index (κ2) is 5.52. The first-order chi connectivity index (χ1) is 9.58. The molecule has 110 valence electrons. The first-order valence-corrected chi connectivity index (χ1v) is 8.34. The fraction of sp³-hybridized carbons (Fsp3) is 0.684. The number of aliphatic hydroxyl groups excluding tert-OH is 1. The van der Waals surface area contributed by atoms with Crippen LogP contribution in [-0.2, 0) is 0 Å². The minimum absolute atomic E-state index is 0.159. The molecule has 0 bridgehead atoms. The van der Waals surface area contributed by atoms with Crippen LogP contribution in [0.3, 0.4) is 0 Å². The summed E-state index contributed by atoms with van der Waals surface area (Å²) in [4.78, 5) is 0. The predicted molar refractivity (Wildman–Crippen MR) is 84.5 cm³/mol. The van der Waals surface area contributed by atoms with Crippen molar-refractivity contribution < 1.29 is 5.11 Å². The Labute approximate surface area is 123 Å². The Morgan fingerprint density at radius 2 is 1.95 bits per heavy atom. The van der Waals surface area contributed by atoms with Crippen LogP contribution in [0.15, 0.2) is 35.5 Å². The van der Waals surface area contributed by atoms with Crippen LogP contribution in [0.1, 0.15) is 64.7 Å². The highest BCUT2D eigenvalue weighted by Gasteiger charge is 2.42. The Morgan fingerprint density at radius 1 is 1.15 bits per heavy atom. The molecule has 3 aliphatic rings. The van der Waals surface area contributed by atoms with Crippen LogP contribution in [0.5, 0.6) is 0 Å². The van der Waals surface area contributed by atoms with Gasteiger partial charge in [0, 0.05) is 0 Å². The van der Waals surface area contributed by atoms with Crippen molar-refractivity contribution in [3.05, 3.63) is 35.5 Å². The van der Waals surface area contributed by atoms with Gasteiger partial charge in [0.2, 0.25) is 0 Å². The highest BCUT2D eigenvalue weighted by Crippen LogP contribution is 2.54. The molecular weight excluding hydrogens is 244 g/mol. The molecule has 0 aromatic rings. The molecule has 1 heteroatoms. The zero-order chi connectivity index (χ0) is 14.2. The maximum atomic E-state index is 9.82. The molecule has 3 aliphatic carbocycles. The molecule has 0 saturated heterocycles. The molecule has 0 aliphatic heterocycles. The number of rotatable bonds is 1. The fourth-order valence-electron chi connectivity index (χ4n) is 4.63.